The molecule has 2 fully saturated rings. The van der Waals surface area contributed by atoms with Crippen LogP contribution in [0.25, 0.3) is 11.2 Å². The summed E-state index contributed by atoms with van der Waals surface area (Å²) < 4.78 is 2.11. The molecule has 1 saturated carbocycles. The molecule has 2 aliphatic rings. The lowest BCUT2D eigenvalue weighted by Crippen LogP contribution is -2.43. The Kier molecular flexibility index (Phi) is 3.02. The maximum absolute atomic E-state index is 11.4. The molecule has 0 aromatic carbocycles. The first-order valence-corrected chi connectivity index (χ1v) is 7.78. The molecule has 7 nitrogen and oxygen atoms in total. The quantitative estimate of drug-likeness (QED) is 0.929. The smallest absolute Gasteiger partial charge is 0.308 e. The van der Waals surface area contributed by atoms with Gasteiger partial charge in [-0.3, -0.25) is 4.79 Å². The summed E-state index contributed by atoms with van der Waals surface area (Å²) in [4.78, 5) is 26.7. The second kappa shape index (κ2) is 4.93. The van der Waals surface area contributed by atoms with E-state index in [0.717, 1.165) is 29.9 Å². The first-order chi connectivity index (χ1) is 10.6. The topological polar surface area (TPSA) is 84.1 Å². The number of piperidine rings is 1. The third-order valence-electron chi connectivity index (χ3n) is 4.59. The van der Waals surface area contributed by atoms with Crippen LogP contribution in [-0.2, 0) is 4.79 Å². The van der Waals surface area contributed by atoms with Gasteiger partial charge in [-0.15, -0.1) is 0 Å². The van der Waals surface area contributed by atoms with Gasteiger partial charge in [-0.1, -0.05) is 6.92 Å². The van der Waals surface area contributed by atoms with Gasteiger partial charge in [0.1, 0.15) is 6.33 Å². The maximum atomic E-state index is 11.4. The number of imidazole rings is 1. The fraction of sp³-hybridized carbons (Fsp3) is 0.600. The van der Waals surface area contributed by atoms with Crippen LogP contribution >= 0.6 is 0 Å². The molecule has 1 saturated heterocycles. The van der Waals surface area contributed by atoms with Gasteiger partial charge in [0, 0.05) is 19.1 Å². The maximum Gasteiger partial charge on any atom is 0.308 e. The van der Waals surface area contributed by atoms with Crippen LogP contribution in [0.5, 0.6) is 0 Å². The number of carboxylic acids is 1. The molecular weight excluding hydrogens is 282 g/mol. The predicted octanol–water partition coefficient (Wildman–Crippen LogP) is 1.71. The van der Waals surface area contributed by atoms with Crippen LogP contribution in [-0.4, -0.2) is 43.7 Å². The fourth-order valence-corrected chi connectivity index (χ4v) is 3.39. The SMILES string of the molecule is CC1CC(C(=O)O)CN(c2ncnc3c2ncn3C2CC2)C1. The number of rotatable bonds is 3. The largest absolute Gasteiger partial charge is 0.481 e. The van der Waals surface area contributed by atoms with E-state index in [-0.39, 0.29) is 5.92 Å². The molecular formula is C15H19N5O2. The van der Waals surface area contributed by atoms with E-state index >= 15 is 0 Å². The number of aliphatic carboxylic acids is 1. The van der Waals surface area contributed by atoms with Crippen molar-refractivity contribution in [3.63, 3.8) is 0 Å². The van der Waals surface area contributed by atoms with E-state index in [1.165, 1.54) is 12.8 Å². The molecule has 22 heavy (non-hydrogen) atoms. The molecule has 0 radical (unpaired) electrons. The average Bonchev–Trinajstić information content (AvgIpc) is 3.25. The van der Waals surface area contributed by atoms with Gasteiger partial charge in [0.25, 0.3) is 0 Å². The monoisotopic (exact) mass is 301 g/mol. The van der Waals surface area contributed by atoms with E-state index in [1.54, 1.807) is 6.33 Å². The minimum absolute atomic E-state index is 0.324. The summed E-state index contributed by atoms with van der Waals surface area (Å²) in [7, 11) is 0. The molecule has 7 heteroatoms. The highest BCUT2D eigenvalue weighted by Crippen LogP contribution is 2.38. The highest BCUT2D eigenvalue weighted by atomic mass is 16.4. The molecule has 0 bridgehead atoms. The summed E-state index contributed by atoms with van der Waals surface area (Å²) >= 11 is 0. The van der Waals surface area contributed by atoms with Crippen molar-refractivity contribution in [3.8, 4) is 0 Å². The third kappa shape index (κ3) is 2.20. The number of carboxylic acid groups (broad SMARTS) is 1. The lowest BCUT2D eigenvalue weighted by Gasteiger charge is -2.35. The predicted molar refractivity (Wildman–Crippen MR) is 80.7 cm³/mol. The molecule has 3 heterocycles. The molecule has 0 amide bonds. The number of hydrogen-bond acceptors (Lipinski definition) is 5. The van der Waals surface area contributed by atoms with Gasteiger partial charge >= 0.3 is 5.97 Å². The Hall–Kier alpha value is -2.18. The molecule has 0 spiro atoms. The zero-order valence-corrected chi connectivity index (χ0v) is 12.5. The Morgan fingerprint density at radius 1 is 1.27 bits per heavy atom. The van der Waals surface area contributed by atoms with Crippen LogP contribution in [0, 0.1) is 11.8 Å². The highest BCUT2D eigenvalue weighted by Gasteiger charge is 2.32. The highest BCUT2D eigenvalue weighted by molar-refractivity contribution is 5.84. The fourth-order valence-electron chi connectivity index (χ4n) is 3.39. The number of carbonyl (C=O) groups is 1. The van der Waals surface area contributed by atoms with Gasteiger partial charge in [-0.05, 0) is 25.2 Å². The second-order valence-corrected chi connectivity index (χ2v) is 6.53. The molecule has 1 aliphatic heterocycles. The molecule has 2 atom stereocenters. The third-order valence-corrected chi connectivity index (χ3v) is 4.59. The summed E-state index contributed by atoms with van der Waals surface area (Å²) in [6.45, 7) is 3.39. The van der Waals surface area contributed by atoms with Crippen LogP contribution in [0.2, 0.25) is 0 Å². The zero-order chi connectivity index (χ0) is 15.3. The minimum atomic E-state index is -0.731. The molecule has 4 rings (SSSR count). The second-order valence-electron chi connectivity index (χ2n) is 6.53. The van der Waals surface area contributed by atoms with E-state index in [9.17, 15) is 9.90 Å². The van der Waals surface area contributed by atoms with E-state index in [4.69, 9.17) is 0 Å². The van der Waals surface area contributed by atoms with Crippen LogP contribution in [0.4, 0.5) is 5.82 Å². The summed E-state index contributed by atoms with van der Waals surface area (Å²) in [5, 5.41) is 9.34. The summed E-state index contributed by atoms with van der Waals surface area (Å²) in [5.41, 5.74) is 1.64. The number of nitrogens with zero attached hydrogens (tertiary/aromatic N) is 5. The van der Waals surface area contributed by atoms with E-state index < -0.39 is 5.97 Å². The Morgan fingerprint density at radius 3 is 2.82 bits per heavy atom. The average molecular weight is 301 g/mol. The van der Waals surface area contributed by atoms with Crippen molar-refractivity contribution in [1.29, 1.82) is 0 Å². The first kappa shape index (κ1) is 13.5. The standard InChI is InChI=1S/C15H19N5O2/c1-9-4-10(15(21)22)6-19(5-9)13-12-14(17-7-16-13)20(8-18-12)11-2-3-11/h7-11H,2-6H2,1H3,(H,21,22). The van der Waals surface area contributed by atoms with Gasteiger partial charge in [-0.25, -0.2) is 15.0 Å². The Balaban J connectivity index is 1.72. The Labute approximate surface area is 128 Å². The zero-order valence-electron chi connectivity index (χ0n) is 12.5. The first-order valence-electron chi connectivity index (χ1n) is 7.78. The van der Waals surface area contributed by atoms with Crippen molar-refractivity contribution >= 4 is 23.0 Å². The molecule has 2 aromatic heterocycles. The minimum Gasteiger partial charge on any atom is -0.481 e. The van der Waals surface area contributed by atoms with Gasteiger partial charge in [0.05, 0.1) is 12.2 Å². The lowest BCUT2D eigenvalue weighted by molar-refractivity contribution is -0.142. The van der Waals surface area contributed by atoms with Crippen molar-refractivity contribution in [2.75, 3.05) is 18.0 Å². The molecule has 2 unspecified atom stereocenters. The van der Waals surface area contributed by atoms with Gasteiger partial charge in [-0.2, -0.15) is 0 Å². The van der Waals surface area contributed by atoms with Crippen LogP contribution < -0.4 is 4.90 Å². The van der Waals surface area contributed by atoms with E-state index in [2.05, 4.69) is 31.3 Å². The molecule has 1 aliphatic carbocycles. The summed E-state index contributed by atoms with van der Waals surface area (Å²) in [6, 6.07) is 0.514. The van der Waals surface area contributed by atoms with Crippen molar-refractivity contribution in [2.24, 2.45) is 11.8 Å². The van der Waals surface area contributed by atoms with E-state index in [1.807, 2.05) is 6.33 Å². The lowest BCUT2D eigenvalue weighted by atomic mass is 9.90. The van der Waals surface area contributed by atoms with Crippen LogP contribution in [0.15, 0.2) is 12.7 Å². The van der Waals surface area contributed by atoms with Crippen molar-refractivity contribution < 1.29 is 9.90 Å². The number of hydrogen-bond donors (Lipinski definition) is 1. The summed E-state index contributed by atoms with van der Waals surface area (Å²) in [5.74, 6) is 0.0113. The number of fused-ring (bicyclic) bond motifs is 1. The van der Waals surface area contributed by atoms with Crippen molar-refractivity contribution in [3.05, 3.63) is 12.7 Å². The summed E-state index contributed by atoms with van der Waals surface area (Å²) in [6.07, 6.45) is 6.46. The van der Waals surface area contributed by atoms with Gasteiger partial charge in [0.2, 0.25) is 0 Å². The Morgan fingerprint density at radius 2 is 2.09 bits per heavy atom. The Bertz CT molecular complexity index is 724. The molecule has 2 aromatic rings. The van der Waals surface area contributed by atoms with Gasteiger partial charge in [0.15, 0.2) is 17.0 Å². The van der Waals surface area contributed by atoms with E-state index in [0.29, 0.717) is 18.5 Å². The molecule has 1 N–H and O–H groups in total. The van der Waals surface area contributed by atoms with Crippen LogP contribution in [0.1, 0.15) is 32.2 Å². The van der Waals surface area contributed by atoms with Crippen molar-refractivity contribution in [2.45, 2.75) is 32.2 Å². The number of aromatic nitrogens is 4. The number of anilines is 1. The van der Waals surface area contributed by atoms with Gasteiger partial charge < -0.3 is 14.6 Å². The normalized spacial score (nSPS) is 25.6. The molecule has 116 valence electrons. The van der Waals surface area contributed by atoms with Crippen molar-refractivity contribution in [1.82, 2.24) is 19.5 Å². The van der Waals surface area contributed by atoms with Crippen LogP contribution in [0.3, 0.4) is 0 Å².